The van der Waals surface area contributed by atoms with Gasteiger partial charge >= 0.3 is 0 Å². The van der Waals surface area contributed by atoms with Crippen molar-refractivity contribution in [2.75, 3.05) is 18.4 Å². The van der Waals surface area contributed by atoms with Crippen LogP contribution in [0.2, 0.25) is 0 Å². The van der Waals surface area contributed by atoms with Crippen molar-refractivity contribution in [1.29, 1.82) is 0 Å². The average Bonchev–Trinajstić information content (AvgIpc) is 2.42. The molecule has 0 aromatic carbocycles. The number of nitrogens with zero attached hydrogens (tertiary/aromatic N) is 1. The number of amides is 1. The molecule has 2 heterocycles. The van der Waals surface area contributed by atoms with E-state index in [0.29, 0.717) is 25.2 Å². The topological polar surface area (TPSA) is 100 Å². The maximum Gasteiger partial charge on any atom is 0.260 e. The van der Waals surface area contributed by atoms with E-state index in [2.05, 4.69) is 20.3 Å². The minimum absolute atomic E-state index is 0.0831. The minimum Gasteiger partial charge on any atom is -0.383 e. The lowest BCUT2D eigenvalue weighted by molar-refractivity contribution is -0.124. The molecule has 1 aliphatic heterocycles. The van der Waals surface area contributed by atoms with Gasteiger partial charge in [0, 0.05) is 19.3 Å². The second-order valence-corrected chi connectivity index (χ2v) is 6.12. The van der Waals surface area contributed by atoms with Crippen LogP contribution in [-0.4, -0.2) is 38.4 Å². The molecule has 1 fully saturated rings. The van der Waals surface area contributed by atoms with Crippen LogP contribution in [0.5, 0.6) is 0 Å². The number of hydrogen-bond donors (Lipinski definition) is 3. The van der Waals surface area contributed by atoms with Crippen LogP contribution >= 0.6 is 0 Å². The van der Waals surface area contributed by atoms with Crippen LogP contribution in [0.1, 0.15) is 19.8 Å². The van der Waals surface area contributed by atoms with E-state index >= 15 is 0 Å². The van der Waals surface area contributed by atoms with E-state index in [4.69, 9.17) is 0 Å². The smallest absolute Gasteiger partial charge is 0.260 e. The van der Waals surface area contributed by atoms with Gasteiger partial charge in [-0.05, 0) is 31.9 Å². The second-order valence-electron chi connectivity index (χ2n) is 4.49. The highest BCUT2D eigenvalue weighted by Crippen LogP contribution is 2.18. The fourth-order valence-electron chi connectivity index (χ4n) is 2.06. The van der Waals surface area contributed by atoms with E-state index in [1.165, 1.54) is 6.20 Å². The zero-order valence-electron chi connectivity index (χ0n) is 11.2. The van der Waals surface area contributed by atoms with Crippen LogP contribution in [0.4, 0.5) is 5.69 Å². The molecule has 110 valence electrons. The van der Waals surface area contributed by atoms with Crippen molar-refractivity contribution in [3.05, 3.63) is 18.3 Å². The first-order valence-corrected chi connectivity index (χ1v) is 8.02. The summed E-state index contributed by atoms with van der Waals surface area (Å²) in [7, 11) is -3.83. The number of carbonyl (C=O) groups is 1. The molecule has 1 aliphatic rings. The summed E-state index contributed by atoms with van der Waals surface area (Å²) in [6, 6.07) is 2.57. The quantitative estimate of drug-likeness (QED) is 0.714. The van der Waals surface area contributed by atoms with Gasteiger partial charge in [0.2, 0.25) is 5.91 Å². The van der Waals surface area contributed by atoms with Crippen LogP contribution in [0.25, 0.3) is 0 Å². The lowest BCUT2D eigenvalue weighted by Gasteiger charge is -2.22. The Morgan fingerprint density at radius 1 is 1.50 bits per heavy atom. The van der Waals surface area contributed by atoms with Gasteiger partial charge in [-0.1, -0.05) is 0 Å². The van der Waals surface area contributed by atoms with Crippen molar-refractivity contribution in [3.8, 4) is 0 Å². The summed E-state index contributed by atoms with van der Waals surface area (Å²) in [6.45, 7) is 3.03. The summed E-state index contributed by atoms with van der Waals surface area (Å²) in [6.07, 6.45) is 2.66. The van der Waals surface area contributed by atoms with E-state index in [1.807, 2.05) is 6.92 Å². The van der Waals surface area contributed by atoms with Crippen molar-refractivity contribution >= 4 is 21.6 Å². The Bertz CT molecular complexity index is 588. The highest BCUT2D eigenvalue weighted by Gasteiger charge is 2.29. The molecule has 0 aliphatic carbocycles. The summed E-state index contributed by atoms with van der Waals surface area (Å²) >= 11 is 0. The predicted octanol–water partition coefficient (Wildman–Crippen LogP) is 0.0703. The predicted molar refractivity (Wildman–Crippen MR) is 74.8 cm³/mol. The van der Waals surface area contributed by atoms with Crippen molar-refractivity contribution in [2.45, 2.75) is 30.8 Å². The van der Waals surface area contributed by atoms with E-state index in [0.717, 1.165) is 6.42 Å². The van der Waals surface area contributed by atoms with Gasteiger partial charge in [0.05, 0.1) is 5.69 Å². The Hall–Kier alpha value is -1.67. The van der Waals surface area contributed by atoms with Gasteiger partial charge in [-0.15, -0.1) is 0 Å². The Morgan fingerprint density at radius 2 is 2.30 bits per heavy atom. The summed E-state index contributed by atoms with van der Waals surface area (Å²) in [4.78, 5) is 15.6. The molecule has 1 unspecified atom stereocenters. The molecule has 0 radical (unpaired) electrons. The third kappa shape index (κ3) is 3.26. The van der Waals surface area contributed by atoms with Crippen molar-refractivity contribution in [3.63, 3.8) is 0 Å². The molecule has 1 atom stereocenters. The number of sulfonamides is 1. The minimum atomic E-state index is -3.83. The largest absolute Gasteiger partial charge is 0.383 e. The lowest BCUT2D eigenvalue weighted by Crippen LogP contribution is -2.50. The van der Waals surface area contributed by atoms with E-state index < -0.39 is 16.1 Å². The maximum absolute atomic E-state index is 12.3. The Kier molecular flexibility index (Phi) is 4.56. The fourth-order valence-corrected chi connectivity index (χ4v) is 3.40. The SMILES string of the molecule is CCNc1cccnc1S(=O)(=O)NC1CCCNC1=O. The summed E-state index contributed by atoms with van der Waals surface area (Å²) in [5.74, 6) is -0.291. The number of pyridine rings is 1. The van der Waals surface area contributed by atoms with Crippen molar-refractivity contribution < 1.29 is 13.2 Å². The molecule has 0 bridgehead atoms. The van der Waals surface area contributed by atoms with Gasteiger partial charge in [-0.2, -0.15) is 4.72 Å². The van der Waals surface area contributed by atoms with Gasteiger partial charge in [0.1, 0.15) is 6.04 Å². The Labute approximate surface area is 118 Å². The molecule has 8 heteroatoms. The average molecular weight is 298 g/mol. The summed E-state index contributed by atoms with van der Waals surface area (Å²) in [5, 5.41) is 5.51. The van der Waals surface area contributed by atoms with Gasteiger partial charge in [0.25, 0.3) is 10.0 Å². The van der Waals surface area contributed by atoms with Crippen LogP contribution < -0.4 is 15.4 Å². The molecule has 1 aromatic heterocycles. The van der Waals surface area contributed by atoms with E-state index in [1.54, 1.807) is 12.1 Å². The first kappa shape index (κ1) is 14.7. The number of piperidine rings is 1. The van der Waals surface area contributed by atoms with E-state index in [9.17, 15) is 13.2 Å². The molecular formula is C12H18N4O3S. The number of aromatic nitrogens is 1. The number of rotatable bonds is 5. The van der Waals surface area contributed by atoms with Crippen LogP contribution in [0, 0.1) is 0 Å². The second kappa shape index (κ2) is 6.19. The van der Waals surface area contributed by atoms with Gasteiger partial charge in [-0.25, -0.2) is 13.4 Å². The maximum atomic E-state index is 12.3. The first-order chi connectivity index (χ1) is 9.54. The lowest BCUT2D eigenvalue weighted by atomic mass is 10.1. The zero-order chi connectivity index (χ0) is 14.6. The number of carbonyl (C=O) groups excluding carboxylic acids is 1. The van der Waals surface area contributed by atoms with Gasteiger partial charge < -0.3 is 10.6 Å². The van der Waals surface area contributed by atoms with Gasteiger partial charge in [-0.3, -0.25) is 4.79 Å². The normalized spacial score (nSPS) is 19.4. The highest BCUT2D eigenvalue weighted by atomic mass is 32.2. The molecule has 1 aromatic rings. The van der Waals surface area contributed by atoms with Crippen LogP contribution in [-0.2, 0) is 14.8 Å². The molecule has 0 saturated carbocycles. The summed E-state index contributed by atoms with van der Waals surface area (Å²) < 4.78 is 27.1. The number of nitrogens with one attached hydrogen (secondary N) is 3. The molecule has 20 heavy (non-hydrogen) atoms. The monoisotopic (exact) mass is 298 g/mol. The highest BCUT2D eigenvalue weighted by molar-refractivity contribution is 7.89. The molecule has 7 nitrogen and oxygen atoms in total. The third-order valence-corrected chi connectivity index (χ3v) is 4.40. The fraction of sp³-hybridized carbons (Fsp3) is 0.500. The molecule has 3 N–H and O–H groups in total. The third-order valence-electron chi connectivity index (χ3n) is 2.98. The Morgan fingerprint density at radius 3 is 3.00 bits per heavy atom. The van der Waals surface area contributed by atoms with Crippen molar-refractivity contribution in [2.24, 2.45) is 0 Å². The van der Waals surface area contributed by atoms with Crippen molar-refractivity contribution in [1.82, 2.24) is 15.0 Å². The first-order valence-electron chi connectivity index (χ1n) is 6.53. The Balaban J connectivity index is 2.24. The van der Waals surface area contributed by atoms with Crippen LogP contribution in [0.3, 0.4) is 0 Å². The van der Waals surface area contributed by atoms with E-state index in [-0.39, 0.29) is 10.9 Å². The summed E-state index contributed by atoms with van der Waals surface area (Å²) in [5.41, 5.74) is 0.429. The number of anilines is 1. The standard InChI is InChI=1S/C12H18N4O3S/c1-2-13-10-6-4-8-15-12(10)20(18,19)16-9-5-3-7-14-11(9)17/h4,6,8-9,13,16H,2-3,5,7H2,1H3,(H,14,17). The molecule has 2 rings (SSSR count). The molecule has 1 amide bonds. The van der Waals surface area contributed by atoms with Crippen LogP contribution in [0.15, 0.2) is 23.4 Å². The zero-order valence-corrected chi connectivity index (χ0v) is 12.0. The molecule has 0 spiro atoms. The molecular weight excluding hydrogens is 280 g/mol. The number of hydrogen-bond acceptors (Lipinski definition) is 5. The molecule has 1 saturated heterocycles. The van der Waals surface area contributed by atoms with Gasteiger partial charge in [0.15, 0.2) is 5.03 Å².